The predicted octanol–water partition coefficient (Wildman–Crippen LogP) is 4.81. The second-order valence-electron chi connectivity index (χ2n) is 12.5. The van der Waals surface area contributed by atoms with Gasteiger partial charge in [0.05, 0.1) is 7.11 Å². The van der Waals surface area contributed by atoms with Crippen molar-refractivity contribution >= 4 is 23.9 Å². The van der Waals surface area contributed by atoms with Crippen molar-refractivity contribution < 1.29 is 77.5 Å². The highest BCUT2D eigenvalue weighted by Gasteiger charge is 2.16. The molecule has 4 rings (SSSR count). The molecule has 0 amide bonds. The molecule has 0 radical (unpaired) electrons. The lowest BCUT2D eigenvalue weighted by molar-refractivity contribution is -0.145. The van der Waals surface area contributed by atoms with E-state index in [1.165, 1.54) is 0 Å². The van der Waals surface area contributed by atoms with E-state index in [4.69, 9.17) is 53.2 Å². The summed E-state index contributed by atoms with van der Waals surface area (Å²) in [6.07, 6.45) is 1.72. The van der Waals surface area contributed by atoms with Crippen LogP contribution in [0.5, 0.6) is 28.7 Å². The highest BCUT2D eigenvalue weighted by atomic mass is 16.7. The van der Waals surface area contributed by atoms with Gasteiger partial charge in [-0.25, -0.2) is 19.2 Å². The highest BCUT2D eigenvalue weighted by Crippen LogP contribution is 2.33. The summed E-state index contributed by atoms with van der Waals surface area (Å²) in [5.74, 6) is -2.21. The smallest absolute Gasteiger partial charge is 0.341 e. The minimum atomic E-state index is -1.15. The molecule has 0 unspecified atom stereocenters. The largest absolute Gasteiger partial charge is 0.496 e. The number of benzene rings is 4. The van der Waals surface area contributed by atoms with Crippen LogP contribution in [0.2, 0.25) is 0 Å². The first-order valence-corrected chi connectivity index (χ1v) is 17.6. The van der Waals surface area contributed by atoms with Gasteiger partial charge in [-0.2, -0.15) is 0 Å². The number of carboxylic acids is 4. The topological polar surface area (TPSA) is 223 Å². The van der Waals surface area contributed by atoms with E-state index >= 15 is 0 Å². The van der Waals surface area contributed by atoms with E-state index in [2.05, 4.69) is 0 Å². The summed E-state index contributed by atoms with van der Waals surface area (Å²) in [6.45, 7) is -1.03. The number of hydrogen-bond donors (Lipinski definition) is 4. The van der Waals surface area contributed by atoms with Crippen molar-refractivity contribution in [3.8, 4) is 28.7 Å². The van der Waals surface area contributed by atoms with E-state index < -0.39 is 50.3 Å². The number of hydrogen-bond acceptors (Lipinski definition) is 12. The Morgan fingerprint density at radius 2 is 0.895 bits per heavy atom. The predicted molar refractivity (Wildman–Crippen MR) is 200 cm³/mol. The first-order chi connectivity index (χ1) is 27.4. The van der Waals surface area contributed by atoms with Crippen LogP contribution in [0.1, 0.15) is 45.9 Å². The molecule has 0 heterocycles. The molecule has 0 aromatic heterocycles. The number of ether oxygens (including phenoxy) is 8. The van der Waals surface area contributed by atoms with Gasteiger partial charge in [-0.05, 0) is 101 Å². The molecule has 57 heavy (non-hydrogen) atoms. The third-order valence-corrected chi connectivity index (χ3v) is 7.93. The van der Waals surface area contributed by atoms with Crippen LogP contribution in [-0.4, -0.2) is 98.2 Å². The number of methoxy groups -OCH3 is 1. The lowest BCUT2D eigenvalue weighted by Crippen LogP contribution is -2.11. The number of rotatable bonds is 26. The zero-order valence-corrected chi connectivity index (χ0v) is 31.4. The Hall–Kier alpha value is -6.36. The average molecular weight is 793 g/mol. The van der Waals surface area contributed by atoms with Crippen LogP contribution in [0.15, 0.2) is 72.8 Å². The van der Waals surface area contributed by atoms with Crippen molar-refractivity contribution in [1.29, 1.82) is 0 Å². The van der Waals surface area contributed by atoms with Crippen LogP contribution in [0, 0.1) is 0 Å². The number of aliphatic carboxylic acids is 4. The number of carboxylic acid groups (broad SMARTS) is 4. The zero-order valence-electron chi connectivity index (χ0n) is 31.4. The summed E-state index contributed by atoms with van der Waals surface area (Å²) >= 11 is 0. The van der Waals surface area contributed by atoms with Crippen LogP contribution >= 0.6 is 0 Å². The van der Waals surface area contributed by atoms with Gasteiger partial charge in [0.15, 0.2) is 27.0 Å². The molecule has 0 saturated carbocycles. The summed E-state index contributed by atoms with van der Waals surface area (Å²) in [7, 11) is 1.56. The fraction of sp³-hybridized carbons (Fsp3) is 0.317. The third-order valence-electron chi connectivity index (χ3n) is 7.93. The maximum Gasteiger partial charge on any atom is 0.341 e. The molecule has 0 bridgehead atoms. The molecular formula is C41H44O16. The molecule has 4 N–H and O–H groups in total. The molecule has 304 valence electrons. The minimum absolute atomic E-state index is 0.244. The Labute approximate surface area is 328 Å². The Bertz CT molecular complexity index is 1990. The third kappa shape index (κ3) is 15.4. The van der Waals surface area contributed by atoms with Gasteiger partial charge in [0.2, 0.25) is 0 Å². The van der Waals surface area contributed by atoms with Crippen LogP contribution in [-0.2, 0) is 59.1 Å². The Morgan fingerprint density at radius 3 is 1.37 bits per heavy atom. The maximum absolute atomic E-state index is 11.2. The van der Waals surface area contributed by atoms with Gasteiger partial charge < -0.3 is 58.3 Å². The Morgan fingerprint density at radius 1 is 0.474 bits per heavy atom. The van der Waals surface area contributed by atoms with E-state index in [1.54, 1.807) is 61.7 Å². The van der Waals surface area contributed by atoms with Gasteiger partial charge in [0.1, 0.15) is 48.6 Å². The van der Waals surface area contributed by atoms with E-state index in [0.29, 0.717) is 54.4 Å². The van der Waals surface area contributed by atoms with Crippen LogP contribution < -0.4 is 23.7 Å². The second-order valence-corrected chi connectivity index (χ2v) is 12.5. The first kappa shape index (κ1) is 43.4. The van der Waals surface area contributed by atoms with E-state index in [-0.39, 0.29) is 20.4 Å². The van der Waals surface area contributed by atoms with Crippen LogP contribution in [0.3, 0.4) is 0 Å². The van der Waals surface area contributed by atoms with Crippen molar-refractivity contribution in [3.63, 3.8) is 0 Å². The van der Waals surface area contributed by atoms with Gasteiger partial charge in [-0.1, -0.05) is 31.2 Å². The molecule has 4 aromatic carbocycles. The molecule has 4 aromatic rings. The zero-order chi connectivity index (χ0) is 41.2. The van der Waals surface area contributed by atoms with Gasteiger partial charge in [0.25, 0.3) is 0 Å². The first-order valence-electron chi connectivity index (χ1n) is 17.6. The van der Waals surface area contributed by atoms with Gasteiger partial charge in [-0.15, -0.1) is 0 Å². The SMILES string of the molecule is CCc1cc(OCC(=O)O)cc(Cc2cc(Cc3cc(Cc4cccc(OCOCC(=O)O)c4)cc(OCOCC(=O)O)c3)cc(OCOCC(=O)O)c2)c1OC. The van der Waals surface area contributed by atoms with Crippen LogP contribution in [0.25, 0.3) is 0 Å². The number of aryl methyl sites for hydroxylation is 1. The molecule has 0 spiro atoms. The molecule has 0 aliphatic heterocycles. The summed E-state index contributed by atoms with van der Waals surface area (Å²) in [4.78, 5) is 44.0. The molecule has 16 nitrogen and oxygen atoms in total. The van der Waals surface area contributed by atoms with Crippen molar-refractivity contribution in [3.05, 3.63) is 112 Å². The van der Waals surface area contributed by atoms with E-state index in [9.17, 15) is 24.3 Å². The van der Waals surface area contributed by atoms with Crippen molar-refractivity contribution in [2.45, 2.75) is 32.6 Å². The molecule has 0 fully saturated rings. The number of carbonyl (C=O) groups is 4. The summed E-state index contributed by atoms with van der Waals surface area (Å²) < 4.78 is 43.7. The Balaban J connectivity index is 1.67. The summed E-state index contributed by atoms with van der Waals surface area (Å²) in [5, 5.41) is 36.0. The molecular weight excluding hydrogens is 748 g/mol. The van der Waals surface area contributed by atoms with Crippen molar-refractivity contribution in [1.82, 2.24) is 0 Å². The summed E-state index contributed by atoms with van der Waals surface area (Å²) in [5.41, 5.74) is 5.67. The highest BCUT2D eigenvalue weighted by molar-refractivity contribution is 5.69. The van der Waals surface area contributed by atoms with E-state index in [1.807, 2.05) is 25.1 Å². The van der Waals surface area contributed by atoms with Gasteiger partial charge in [-0.3, -0.25) is 0 Å². The van der Waals surface area contributed by atoms with Crippen molar-refractivity contribution in [2.24, 2.45) is 0 Å². The van der Waals surface area contributed by atoms with Gasteiger partial charge in [0, 0.05) is 12.0 Å². The quantitative estimate of drug-likeness (QED) is 0.0495. The standard InChI is InChI=1S/C41H44O16/c1-3-31-17-36(54-22-40(48)49)18-32(41(31)50-2)11-30-10-29(15-35(16-30)57-25-53-21-39(46)47)9-28-8-27(13-34(14-28)56-24-52-20-38(44)45)7-26-5-4-6-33(12-26)55-23-51-19-37(42)43/h4-6,8,10,12-18H,3,7,9,11,19-25H2,1-2H3,(H,42,43)(H,44,45)(H,46,47)(H,48,49). The maximum atomic E-state index is 11.2. The van der Waals surface area contributed by atoms with Gasteiger partial charge >= 0.3 is 23.9 Å². The molecule has 0 saturated heterocycles. The minimum Gasteiger partial charge on any atom is -0.496 e. The monoisotopic (exact) mass is 792 g/mol. The lowest BCUT2D eigenvalue weighted by Gasteiger charge is -2.17. The molecule has 0 aliphatic carbocycles. The Kier molecular flexibility index (Phi) is 16.9. The lowest BCUT2D eigenvalue weighted by atomic mass is 9.95. The fourth-order valence-electron chi connectivity index (χ4n) is 5.79. The summed E-state index contributed by atoms with van der Waals surface area (Å²) in [6, 6.07) is 21.8. The van der Waals surface area contributed by atoms with Crippen LogP contribution in [0.4, 0.5) is 0 Å². The average Bonchev–Trinajstić information content (AvgIpc) is 3.15. The normalized spacial score (nSPS) is 10.8. The molecule has 0 atom stereocenters. The fourth-order valence-corrected chi connectivity index (χ4v) is 5.79. The second kappa shape index (κ2) is 22.3. The van der Waals surface area contributed by atoms with E-state index in [0.717, 1.165) is 38.9 Å². The molecule has 16 heteroatoms. The van der Waals surface area contributed by atoms with Crippen molar-refractivity contribution in [2.75, 3.05) is 53.9 Å². The molecule has 0 aliphatic rings.